The lowest BCUT2D eigenvalue weighted by Gasteiger charge is -2.35. The van der Waals surface area contributed by atoms with Crippen molar-refractivity contribution in [2.24, 2.45) is 0 Å². The summed E-state index contributed by atoms with van der Waals surface area (Å²) in [5.41, 5.74) is 0.713. The van der Waals surface area contributed by atoms with E-state index in [0.717, 1.165) is 24.3 Å². The average molecular weight is 414 g/mol. The number of ether oxygens (including phenoxy) is 1. The number of hydrogen-bond donors (Lipinski definition) is 3. The van der Waals surface area contributed by atoms with E-state index in [0.29, 0.717) is 18.7 Å². The quantitative estimate of drug-likeness (QED) is 0.576. The lowest BCUT2D eigenvalue weighted by atomic mass is 10.1. The van der Waals surface area contributed by atoms with E-state index in [2.05, 4.69) is 5.32 Å². The first-order chi connectivity index (χ1) is 13.2. The zero-order valence-electron chi connectivity index (χ0n) is 16.0. The highest BCUT2D eigenvalue weighted by molar-refractivity contribution is 7.87. The van der Waals surface area contributed by atoms with Crippen molar-refractivity contribution < 1.29 is 27.3 Å². The fourth-order valence-electron chi connectivity index (χ4n) is 3.07. The predicted molar refractivity (Wildman–Crippen MR) is 103 cm³/mol. The van der Waals surface area contributed by atoms with Crippen LogP contribution in [-0.2, 0) is 21.5 Å². The zero-order valence-corrected chi connectivity index (χ0v) is 16.8. The number of carbonyl (C=O) groups excluding carboxylic acids is 2. The molecule has 3 N–H and O–H groups in total. The summed E-state index contributed by atoms with van der Waals surface area (Å²) in [7, 11) is -1.62. The van der Waals surface area contributed by atoms with Gasteiger partial charge in [0.25, 0.3) is 0 Å². The number of aryl methyl sites for hydroxylation is 1. The van der Waals surface area contributed by atoms with Gasteiger partial charge in [-0.2, -0.15) is 13.4 Å². The molecule has 10 nitrogen and oxygen atoms in total. The van der Waals surface area contributed by atoms with E-state index in [1.165, 1.54) is 26.3 Å². The highest BCUT2D eigenvalue weighted by atomic mass is 32.2. The maximum Gasteiger partial charge on any atom is 0.357 e. The van der Waals surface area contributed by atoms with E-state index in [1.807, 2.05) is 4.72 Å². The van der Waals surface area contributed by atoms with Crippen molar-refractivity contribution in [1.82, 2.24) is 15.3 Å². The van der Waals surface area contributed by atoms with Crippen molar-refractivity contribution in [3.05, 3.63) is 23.8 Å². The molecule has 156 valence electrons. The van der Waals surface area contributed by atoms with Crippen molar-refractivity contribution in [1.29, 1.82) is 0 Å². The third kappa shape index (κ3) is 6.08. The number of urea groups is 1. The van der Waals surface area contributed by atoms with E-state index in [4.69, 9.17) is 9.29 Å². The van der Waals surface area contributed by atoms with Gasteiger partial charge in [0.05, 0.1) is 12.8 Å². The Labute approximate surface area is 164 Å². The van der Waals surface area contributed by atoms with Crippen molar-refractivity contribution in [2.45, 2.75) is 32.1 Å². The van der Waals surface area contributed by atoms with Gasteiger partial charge in [-0.1, -0.05) is 12.5 Å². The van der Waals surface area contributed by atoms with Crippen LogP contribution < -0.4 is 14.8 Å². The Hall–Kier alpha value is -2.37. The summed E-state index contributed by atoms with van der Waals surface area (Å²) in [5.74, 6) is -0.116. The molecule has 0 bridgehead atoms. The second-order valence-corrected chi connectivity index (χ2v) is 7.54. The molecule has 11 heteroatoms. The molecule has 0 atom stereocenters. The molecule has 1 aromatic rings. The number of hydrogen-bond acceptors (Lipinski definition) is 6. The summed E-state index contributed by atoms with van der Waals surface area (Å²) in [5, 5.41) is 5.40. The highest BCUT2D eigenvalue weighted by Crippen LogP contribution is 2.27. The highest BCUT2D eigenvalue weighted by Gasteiger charge is 2.28. The minimum Gasteiger partial charge on any atom is -0.495 e. The Kier molecular flexibility index (Phi) is 7.61. The fraction of sp³-hybridized carbons (Fsp3) is 0.529. The first-order valence-corrected chi connectivity index (χ1v) is 10.4. The molecule has 0 saturated carbocycles. The van der Waals surface area contributed by atoms with Crippen LogP contribution >= 0.6 is 0 Å². The van der Waals surface area contributed by atoms with Crippen molar-refractivity contribution in [3.8, 4) is 5.75 Å². The molecular weight excluding hydrogens is 388 g/mol. The maximum atomic E-state index is 12.7. The van der Waals surface area contributed by atoms with Gasteiger partial charge in [-0.3, -0.25) is 14.1 Å². The van der Waals surface area contributed by atoms with Crippen LogP contribution in [0.3, 0.4) is 0 Å². The van der Waals surface area contributed by atoms with Gasteiger partial charge in [0, 0.05) is 26.6 Å². The third-order valence-corrected chi connectivity index (χ3v) is 4.87. The maximum absolute atomic E-state index is 12.7. The van der Waals surface area contributed by atoms with Gasteiger partial charge in [0.2, 0.25) is 5.91 Å². The van der Waals surface area contributed by atoms with E-state index >= 15 is 0 Å². The standard InChI is InChI=1S/C17H26N4O6S/c1-18-17(23)21(20-10-4-3-5-11-20)16(22)9-7-13-6-8-15(27-2)14(12-13)19-28(24,25)26/h6,8,12,19H,3-5,7,9-11H2,1-2H3,(H,18,23)(H,24,25,26). The van der Waals surface area contributed by atoms with Crippen molar-refractivity contribution in [2.75, 3.05) is 32.0 Å². The predicted octanol–water partition coefficient (Wildman–Crippen LogP) is 1.41. The molecule has 1 heterocycles. The molecule has 3 amide bonds. The minimum absolute atomic E-state index is 0.0571. The summed E-state index contributed by atoms with van der Waals surface area (Å²) >= 11 is 0. The Morgan fingerprint density at radius 1 is 1.25 bits per heavy atom. The van der Waals surface area contributed by atoms with Gasteiger partial charge in [-0.25, -0.2) is 9.80 Å². The number of carbonyl (C=O) groups is 2. The number of benzene rings is 1. The number of methoxy groups -OCH3 is 1. The molecule has 1 aliphatic rings. The topological polar surface area (TPSA) is 128 Å². The molecule has 0 unspecified atom stereocenters. The van der Waals surface area contributed by atoms with Gasteiger partial charge in [0.15, 0.2) is 0 Å². The molecule has 1 aliphatic heterocycles. The summed E-state index contributed by atoms with van der Waals surface area (Å²) in [6.07, 6.45) is 3.25. The third-order valence-electron chi connectivity index (χ3n) is 4.39. The lowest BCUT2D eigenvalue weighted by molar-refractivity contribution is -0.142. The number of nitrogens with zero attached hydrogens (tertiary/aromatic N) is 2. The lowest BCUT2D eigenvalue weighted by Crippen LogP contribution is -2.54. The average Bonchev–Trinajstić information content (AvgIpc) is 2.66. The molecular formula is C17H26N4O6S. The van der Waals surface area contributed by atoms with Gasteiger partial charge >= 0.3 is 16.3 Å². The number of rotatable bonds is 7. The molecule has 0 radical (unpaired) electrons. The van der Waals surface area contributed by atoms with Crippen LogP contribution in [0.15, 0.2) is 18.2 Å². The number of anilines is 1. The summed E-state index contributed by atoms with van der Waals surface area (Å²) < 4.78 is 38.2. The van der Waals surface area contributed by atoms with Gasteiger partial charge in [0.1, 0.15) is 5.75 Å². The van der Waals surface area contributed by atoms with Gasteiger partial charge in [-0.05, 0) is 37.0 Å². The molecule has 0 aliphatic carbocycles. The fourth-order valence-corrected chi connectivity index (χ4v) is 3.51. The zero-order chi connectivity index (χ0) is 20.7. The first kappa shape index (κ1) is 21.9. The molecule has 2 rings (SSSR count). The summed E-state index contributed by atoms with van der Waals surface area (Å²) in [6.45, 7) is 1.29. The van der Waals surface area contributed by atoms with E-state index in [1.54, 1.807) is 11.1 Å². The van der Waals surface area contributed by atoms with E-state index in [-0.39, 0.29) is 30.2 Å². The summed E-state index contributed by atoms with van der Waals surface area (Å²) in [6, 6.07) is 4.22. The van der Waals surface area contributed by atoms with Crippen LogP contribution in [0.1, 0.15) is 31.2 Å². The first-order valence-electron chi connectivity index (χ1n) is 8.97. The molecule has 28 heavy (non-hydrogen) atoms. The van der Waals surface area contributed by atoms with E-state index in [9.17, 15) is 18.0 Å². The molecule has 0 spiro atoms. The Morgan fingerprint density at radius 2 is 1.93 bits per heavy atom. The van der Waals surface area contributed by atoms with Gasteiger partial charge < -0.3 is 10.1 Å². The Morgan fingerprint density at radius 3 is 2.50 bits per heavy atom. The van der Waals surface area contributed by atoms with E-state index < -0.39 is 16.3 Å². The number of amides is 3. The molecule has 0 aromatic heterocycles. The van der Waals surface area contributed by atoms with Crippen molar-refractivity contribution >= 4 is 27.9 Å². The number of hydrazine groups is 1. The van der Waals surface area contributed by atoms with Crippen LogP contribution in [0.4, 0.5) is 10.5 Å². The minimum atomic E-state index is -4.47. The second-order valence-electron chi connectivity index (χ2n) is 6.39. The summed E-state index contributed by atoms with van der Waals surface area (Å²) in [4.78, 5) is 24.9. The Bertz CT molecular complexity index is 808. The normalized spacial score (nSPS) is 15.0. The van der Waals surface area contributed by atoms with Crippen LogP contribution in [0.2, 0.25) is 0 Å². The smallest absolute Gasteiger partial charge is 0.357 e. The Balaban J connectivity index is 2.11. The number of imide groups is 1. The number of nitrogens with one attached hydrogen (secondary N) is 2. The second kappa shape index (κ2) is 9.71. The molecule has 1 fully saturated rings. The van der Waals surface area contributed by atoms with Gasteiger partial charge in [-0.15, -0.1) is 0 Å². The SMILES string of the molecule is CNC(=O)N(C(=O)CCc1ccc(OC)c(NS(=O)(=O)O)c1)N1CCCCC1. The van der Waals surface area contributed by atoms with Crippen LogP contribution in [-0.4, -0.2) is 62.2 Å². The molecule has 1 saturated heterocycles. The van der Waals surface area contributed by atoms with Crippen LogP contribution in [0.25, 0.3) is 0 Å². The van der Waals surface area contributed by atoms with Crippen LogP contribution in [0, 0.1) is 0 Å². The monoisotopic (exact) mass is 414 g/mol. The van der Waals surface area contributed by atoms with Crippen LogP contribution in [0.5, 0.6) is 5.75 Å². The molecule has 1 aromatic carbocycles. The van der Waals surface area contributed by atoms with Crippen molar-refractivity contribution in [3.63, 3.8) is 0 Å². The largest absolute Gasteiger partial charge is 0.495 e. The number of piperidine rings is 1.